The van der Waals surface area contributed by atoms with Gasteiger partial charge >= 0.3 is 5.97 Å². The second-order valence-corrected chi connectivity index (χ2v) is 6.76. The third kappa shape index (κ3) is 4.89. The minimum absolute atomic E-state index is 0.157. The van der Waals surface area contributed by atoms with Crippen molar-refractivity contribution in [2.45, 2.75) is 20.3 Å². The summed E-state index contributed by atoms with van der Waals surface area (Å²) in [5.41, 5.74) is 2.21. The first-order chi connectivity index (χ1) is 14.8. The maximum atomic E-state index is 12.5. The molecule has 1 aromatic carbocycles. The first kappa shape index (κ1) is 21.6. The van der Waals surface area contributed by atoms with E-state index in [1.54, 1.807) is 43.3 Å². The molecule has 0 aliphatic rings. The van der Waals surface area contributed by atoms with Gasteiger partial charge in [0.25, 0.3) is 5.91 Å². The number of H-pyrrole nitrogens is 1. The summed E-state index contributed by atoms with van der Waals surface area (Å²) in [4.78, 5) is 51.2. The summed E-state index contributed by atoms with van der Waals surface area (Å²) < 4.78 is 9.81. The molecule has 0 fully saturated rings. The van der Waals surface area contributed by atoms with Crippen molar-refractivity contribution >= 4 is 34.9 Å². The van der Waals surface area contributed by atoms with Gasteiger partial charge in [0, 0.05) is 24.0 Å². The van der Waals surface area contributed by atoms with E-state index in [0.29, 0.717) is 22.6 Å². The molecule has 0 aliphatic heterocycles. The van der Waals surface area contributed by atoms with Gasteiger partial charge in [0.15, 0.2) is 11.5 Å². The number of Topliss-reactive ketones (excluding diaryl/α,β-unsaturated/α-hetero) is 1. The van der Waals surface area contributed by atoms with Gasteiger partial charge in [0.05, 0.1) is 31.1 Å². The van der Waals surface area contributed by atoms with Crippen molar-refractivity contribution in [2.24, 2.45) is 0 Å². The number of esters is 1. The summed E-state index contributed by atoms with van der Waals surface area (Å²) in [6.07, 6.45) is 1.25. The van der Waals surface area contributed by atoms with Crippen LogP contribution in [0.3, 0.4) is 0 Å². The molecule has 2 heterocycles. The minimum Gasteiger partial charge on any atom is -0.465 e. The smallest absolute Gasteiger partial charge is 0.339 e. The Bertz CT molecular complexity index is 1130. The van der Waals surface area contributed by atoms with Gasteiger partial charge in [-0.05, 0) is 48.9 Å². The summed E-state index contributed by atoms with van der Waals surface area (Å²) >= 11 is 0. The summed E-state index contributed by atoms with van der Waals surface area (Å²) in [6, 6.07) is 9.66. The Morgan fingerprint density at radius 3 is 2.23 bits per heavy atom. The zero-order chi connectivity index (χ0) is 22.5. The van der Waals surface area contributed by atoms with Crippen LogP contribution in [0.1, 0.15) is 49.6 Å². The van der Waals surface area contributed by atoms with E-state index >= 15 is 0 Å². The lowest BCUT2D eigenvalue weighted by Gasteiger charge is -2.08. The molecular weight excluding hydrogens is 402 g/mol. The van der Waals surface area contributed by atoms with Crippen LogP contribution in [0.15, 0.2) is 47.1 Å². The molecule has 2 aromatic heterocycles. The highest BCUT2D eigenvalue weighted by atomic mass is 16.5. The van der Waals surface area contributed by atoms with Gasteiger partial charge in [-0.25, -0.2) is 4.79 Å². The van der Waals surface area contributed by atoms with E-state index in [-0.39, 0.29) is 35.1 Å². The molecule has 0 atom stereocenters. The van der Waals surface area contributed by atoms with Crippen LogP contribution in [0.4, 0.5) is 11.4 Å². The SMILES string of the molecule is COC(=O)c1c(CC(=O)Nc2ccc(NC(=O)c3ccco3)cc2)[nH]c(C(C)=O)c1C. The fraction of sp³-hybridized carbons (Fsp3) is 0.182. The highest BCUT2D eigenvalue weighted by Gasteiger charge is 2.24. The quantitative estimate of drug-likeness (QED) is 0.395. The second-order valence-electron chi connectivity index (χ2n) is 6.76. The lowest BCUT2D eigenvalue weighted by Crippen LogP contribution is -2.17. The van der Waals surface area contributed by atoms with Crippen LogP contribution in [0.25, 0.3) is 0 Å². The molecule has 0 saturated carbocycles. The number of aromatic nitrogens is 1. The van der Waals surface area contributed by atoms with E-state index in [0.717, 1.165) is 0 Å². The predicted octanol–water partition coefficient (Wildman–Crippen LogP) is 3.34. The summed E-state index contributed by atoms with van der Waals surface area (Å²) in [5.74, 6) is -1.47. The van der Waals surface area contributed by atoms with E-state index in [1.807, 2.05) is 0 Å². The Labute approximate surface area is 177 Å². The molecule has 3 aromatic rings. The van der Waals surface area contributed by atoms with Gasteiger partial charge in [-0.2, -0.15) is 0 Å². The molecule has 9 heteroatoms. The molecule has 2 amide bonds. The van der Waals surface area contributed by atoms with Crippen molar-refractivity contribution in [3.8, 4) is 0 Å². The Morgan fingerprint density at radius 2 is 1.68 bits per heavy atom. The number of carbonyl (C=O) groups excluding carboxylic acids is 4. The van der Waals surface area contributed by atoms with Crippen molar-refractivity contribution in [3.05, 3.63) is 70.9 Å². The van der Waals surface area contributed by atoms with Crippen molar-refractivity contribution in [3.63, 3.8) is 0 Å². The van der Waals surface area contributed by atoms with E-state index in [9.17, 15) is 19.2 Å². The second kappa shape index (κ2) is 9.12. The molecule has 3 rings (SSSR count). The molecule has 3 N–H and O–H groups in total. The number of anilines is 2. The number of ketones is 1. The molecular formula is C22H21N3O6. The zero-order valence-electron chi connectivity index (χ0n) is 17.2. The summed E-state index contributed by atoms with van der Waals surface area (Å²) in [5, 5.41) is 5.39. The molecule has 0 radical (unpaired) electrons. The molecule has 0 spiro atoms. The standard InChI is InChI=1S/C22H21N3O6/c1-12-19(22(29)30-3)16(25-20(12)13(2)26)11-18(27)23-14-6-8-15(9-7-14)24-21(28)17-5-4-10-31-17/h4-10,25H,11H2,1-3H3,(H,23,27)(H,24,28). The average molecular weight is 423 g/mol. The summed E-state index contributed by atoms with van der Waals surface area (Å²) in [7, 11) is 1.23. The summed E-state index contributed by atoms with van der Waals surface area (Å²) in [6.45, 7) is 2.99. The highest BCUT2D eigenvalue weighted by molar-refractivity contribution is 6.03. The van der Waals surface area contributed by atoms with E-state index in [1.165, 1.54) is 20.3 Å². The fourth-order valence-electron chi connectivity index (χ4n) is 3.12. The van der Waals surface area contributed by atoms with Gasteiger partial charge in [-0.1, -0.05) is 0 Å². The van der Waals surface area contributed by atoms with E-state index in [4.69, 9.17) is 9.15 Å². The Morgan fingerprint density at radius 1 is 1.03 bits per heavy atom. The largest absolute Gasteiger partial charge is 0.465 e. The monoisotopic (exact) mass is 423 g/mol. The third-order valence-electron chi connectivity index (χ3n) is 4.58. The number of ether oxygens (including phenoxy) is 1. The minimum atomic E-state index is -0.624. The number of carbonyl (C=O) groups is 4. The zero-order valence-corrected chi connectivity index (χ0v) is 17.2. The first-order valence-corrected chi connectivity index (χ1v) is 9.35. The fourth-order valence-corrected chi connectivity index (χ4v) is 3.12. The van der Waals surface area contributed by atoms with Crippen LogP contribution in [-0.2, 0) is 16.0 Å². The predicted molar refractivity (Wildman–Crippen MR) is 112 cm³/mol. The molecule has 31 heavy (non-hydrogen) atoms. The number of aromatic amines is 1. The lowest BCUT2D eigenvalue weighted by molar-refractivity contribution is -0.115. The van der Waals surface area contributed by atoms with Gasteiger partial charge in [0.1, 0.15) is 0 Å². The van der Waals surface area contributed by atoms with Crippen molar-refractivity contribution in [1.82, 2.24) is 4.98 Å². The lowest BCUT2D eigenvalue weighted by atomic mass is 10.1. The van der Waals surface area contributed by atoms with Crippen LogP contribution in [0, 0.1) is 6.92 Å². The molecule has 160 valence electrons. The van der Waals surface area contributed by atoms with Crippen LogP contribution in [0.5, 0.6) is 0 Å². The van der Waals surface area contributed by atoms with Crippen molar-refractivity contribution < 1.29 is 28.3 Å². The molecule has 0 unspecified atom stereocenters. The number of amides is 2. The first-order valence-electron chi connectivity index (χ1n) is 9.35. The number of hydrogen-bond acceptors (Lipinski definition) is 6. The van der Waals surface area contributed by atoms with Crippen LogP contribution in [-0.4, -0.2) is 35.7 Å². The highest BCUT2D eigenvalue weighted by Crippen LogP contribution is 2.21. The Hall–Kier alpha value is -4.14. The van der Waals surface area contributed by atoms with Crippen LogP contribution in [0.2, 0.25) is 0 Å². The number of furan rings is 1. The maximum Gasteiger partial charge on any atom is 0.339 e. The number of nitrogens with one attached hydrogen (secondary N) is 3. The van der Waals surface area contributed by atoms with Gasteiger partial charge in [-0.3, -0.25) is 14.4 Å². The molecule has 9 nitrogen and oxygen atoms in total. The van der Waals surface area contributed by atoms with E-state index in [2.05, 4.69) is 15.6 Å². The molecule has 0 bridgehead atoms. The Kier molecular flexibility index (Phi) is 6.35. The van der Waals surface area contributed by atoms with Crippen LogP contribution >= 0.6 is 0 Å². The number of rotatable bonds is 7. The maximum absolute atomic E-state index is 12.5. The average Bonchev–Trinajstić information content (AvgIpc) is 3.37. The van der Waals surface area contributed by atoms with Crippen molar-refractivity contribution in [2.75, 3.05) is 17.7 Å². The third-order valence-corrected chi connectivity index (χ3v) is 4.58. The van der Waals surface area contributed by atoms with E-state index < -0.39 is 11.9 Å². The van der Waals surface area contributed by atoms with Crippen LogP contribution < -0.4 is 10.6 Å². The van der Waals surface area contributed by atoms with Gasteiger partial charge < -0.3 is 24.8 Å². The normalized spacial score (nSPS) is 10.4. The number of benzene rings is 1. The van der Waals surface area contributed by atoms with Crippen molar-refractivity contribution in [1.29, 1.82) is 0 Å². The molecule has 0 saturated heterocycles. The van der Waals surface area contributed by atoms with Gasteiger partial charge in [0.2, 0.25) is 5.91 Å². The topological polar surface area (TPSA) is 130 Å². The Balaban J connectivity index is 1.68. The van der Waals surface area contributed by atoms with Gasteiger partial charge in [-0.15, -0.1) is 0 Å². The number of methoxy groups -OCH3 is 1. The molecule has 0 aliphatic carbocycles. The number of hydrogen-bond donors (Lipinski definition) is 3.